The summed E-state index contributed by atoms with van der Waals surface area (Å²) in [6.07, 6.45) is 2.59. The molecule has 0 atom stereocenters. The molecule has 1 fully saturated rings. The van der Waals surface area contributed by atoms with Gasteiger partial charge in [0.15, 0.2) is 0 Å². The second-order valence-electron chi connectivity index (χ2n) is 6.07. The van der Waals surface area contributed by atoms with Crippen molar-refractivity contribution < 1.29 is 0 Å². The summed E-state index contributed by atoms with van der Waals surface area (Å²) in [6.45, 7) is 12.8. The molecular weight excluding hydrogens is 244 g/mol. The lowest BCUT2D eigenvalue weighted by Crippen LogP contribution is -2.29. The predicted molar refractivity (Wildman–Crippen MR) is 86.8 cm³/mol. The van der Waals surface area contributed by atoms with Gasteiger partial charge in [0.05, 0.1) is 0 Å². The molecule has 1 saturated heterocycles. The summed E-state index contributed by atoms with van der Waals surface area (Å²) in [5.41, 5.74) is 4.04. The molecule has 0 N–H and O–H groups in total. The van der Waals surface area contributed by atoms with E-state index >= 15 is 0 Å². The molecule has 110 valence electrons. The minimum atomic E-state index is 0.753. The van der Waals surface area contributed by atoms with Crippen molar-refractivity contribution in [2.75, 3.05) is 26.7 Å². The van der Waals surface area contributed by atoms with Crippen LogP contribution in [0.5, 0.6) is 0 Å². The highest BCUT2D eigenvalue weighted by Crippen LogP contribution is 2.27. The van der Waals surface area contributed by atoms with Crippen molar-refractivity contribution in [1.82, 2.24) is 9.80 Å². The van der Waals surface area contributed by atoms with Crippen LogP contribution in [-0.4, -0.2) is 36.5 Å². The van der Waals surface area contributed by atoms with Crippen LogP contribution in [0.2, 0.25) is 0 Å². The standard InChI is InChI=1S/C18H28N2/c1-5-20(15(2)3)14-16-6-8-17(9-7-16)18-10-12-19(4)13-11-18/h6-9,18H,2,5,10-14H2,1,3-4H3. The first kappa shape index (κ1) is 15.1. The van der Waals surface area contributed by atoms with Gasteiger partial charge in [-0.1, -0.05) is 30.8 Å². The maximum absolute atomic E-state index is 4.04. The highest BCUT2D eigenvalue weighted by molar-refractivity contribution is 5.26. The topological polar surface area (TPSA) is 6.48 Å². The second kappa shape index (κ2) is 6.94. The highest BCUT2D eigenvalue weighted by atomic mass is 15.1. The lowest BCUT2D eigenvalue weighted by atomic mass is 9.89. The van der Waals surface area contributed by atoms with E-state index in [-0.39, 0.29) is 0 Å². The molecule has 0 aromatic heterocycles. The van der Waals surface area contributed by atoms with E-state index in [0.29, 0.717) is 0 Å². The fraction of sp³-hybridized carbons (Fsp3) is 0.556. The Morgan fingerprint density at radius 2 is 1.85 bits per heavy atom. The first-order valence-corrected chi connectivity index (χ1v) is 7.78. The van der Waals surface area contributed by atoms with Crippen LogP contribution in [0.3, 0.4) is 0 Å². The number of piperidine rings is 1. The van der Waals surface area contributed by atoms with Gasteiger partial charge in [0.1, 0.15) is 0 Å². The fourth-order valence-corrected chi connectivity index (χ4v) is 2.97. The lowest BCUT2D eigenvalue weighted by Gasteiger charge is -2.29. The Morgan fingerprint density at radius 3 is 2.35 bits per heavy atom. The van der Waals surface area contributed by atoms with Gasteiger partial charge in [-0.3, -0.25) is 0 Å². The molecule has 0 amide bonds. The van der Waals surface area contributed by atoms with Crippen LogP contribution in [0.15, 0.2) is 36.5 Å². The predicted octanol–water partition coefficient (Wildman–Crippen LogP) is 3.85. The van der Waals surface area contributed by atoms with Crippen LogP contribution < -0.4 is 0 Å². The van der Waals surface area contributed by atoms with Crippen LogP contribution in [0.4, 0.5) is 0 Å². The highest BCUT2D eigenvalue weighted by Gasteiger charge is 2.18. The van der Waals surface area contributed by atoms with Crippen molar-refractivity contribution in [2.24, 2.45) is 0 Å². The van der Waals surface area contributed by atoms with Gasteiger partial charge in [0.2, 0.25) is 0 Å². The summed E-state index contributed by atoms with van der Waals surface area (Å²) in [4.78, 5) is 4.74. The first-order valence-electron chi connectivity index (χ1n) is 7.78. The Morgan fingerprint density at radius 1 is 1.25 bits per heavy atom. The van der Waals surface area contributed by atoms with Crippen molar-refractivity contribution in [3.63, 3.8) is 0 Å². The molecule has 0 aliphatic carbocycles. The minimum absolute atomic E-state index is 0.753. The van der Waals surface area contributed by atoms with Crippen LogP contribution in [0.25, 0.3) is 0 Å². The van der Waals surface area contributed by atoms with E-state index in [0.717, 1.165) is 24.7 Å². The van der Waals surface area contributed by atoms with E-state index in [1.807, 2.05) is 0 Å². The van der Waals surface area contributed by atoms with Crippen LogP contribution in [0.1, 0.15) is 43.7 Å². The molecule has 2 heteroatoms. The van der Waals surface area contributed by atoms with Crippen LogP contribution in [0, 0.1) is 0 Å². The van der Waals surface area contributed by atoms with Crippen LogP contribution >= 0.6 is 0 Å². The first-order chi connectivity index (χ1) is 9.60. The van der Waals surface area contributed by atoms with Crippen molar-refractivity contribution in [2.45, 2.75) is 39.2 Å². The third-order valence-electron chi connectivity index (χ3n) is 4.46. The van der Waals surface area contributed by atoms with E-state index in [9.17, 15) is 0 Å². The zero-order valence-electron chi connectivity index (χ0n) is 13.2. The van der Waals surface area contributed by atoms with Gasteiger partial charge < -0.3 is 9.80 Å². The molecular formula is C18H28N2. The van der Waals surface area contributed by atoms with Crippen molar-refractivity contribution in [3.8, 4) is 0 Å². The Kier molecular flexibility index (Phi) is 5.24. The average molecular weight is 272 g/mol. The Labute approximate surface area is 124 Å². The van der Waals surface area contributed by atoms with Crippen molar-refractivity contribution in [1.29, 1.82) is 0 Å². The number of hydrogen-bond donors (Lipinski definition) is 0. The zero-order chi connectivity index (χ0) is 14.5. The maximum Gasteiger partial charge on any atom is 0.0426 e. The quantitative estimate of drug-likeness (QED) is 0.803. The van der Waals surface area contributed by atoms with Gasteiger partial charge in [-0.15, -0.1) is 0 Å². The van der Waals surface area contributed by atoms with Gasteiger partial charge in [-0.2, -0.15) is 0 Å². The van der Waals surface area contributed by atoms with E-state index in [4.69, 9.17) is 0 Å². The fourth-order valence-electron chi connectivity index (χ4n) is 2.97. The summed E-state index contributed by atoms with van der Waals surface area (Å²) in [5, 5.41) is 0. The van der Waals surface area contributed by atoms with Gasteiger partial charge in [-0.25, -0.2) is 0 Å². The minimum Gasteiger partial charge on any atom is -0.371 e. The van der Waals surface area contributed by atoms with Crippen molar-refractivity contribution in [3.05, 3.63) is 47.7 Å². The van der Waals surface area contributed by atoms with Gasteiger partial charge in [0, 0.05) is 18.8 Å². The zero-order valence-corrected chi connectivity index (χ0v) is 13.2. The molecule has 0 unspecified atom stereocenters. The molecule has 1 aromatic rings. The third-order valence-corrected chi connectivity index (χ3v) is 4.46. The molecule has 0 saturated carbocycles. The molecule has 1 heterocycles. The summed E-state index contributed by atoms with van der Waals surface area (Å²) in [5.74, 6) is 0.753. The SMILES string of the molecule is C=C(C)N(CC)Cc1ccc(C2CCN(C)CC2)cc1. The molecule has 1 aromatic carbocycles. The molecule has 2 nitrogen and oxygen atoms in total. The third kappa shape index (κ3) is 3.86. The second-order valence-corrected chi connectivity index (χ2v) is 6.07. The van der Waals surface area contributed by atoms with E-state index in [1.54, 1.807) is 0 Å². The Hall–Kier alpha value is -1.28. The average Bonchev–Trinajstić information content (AvgIpc) is 2.46. The monoisotopic (exact) mass is 272 g/mol. The molecule has 0 radical (unpaired) electrons. The van der Waals surface area contributed by atoms with Crippen molar-refractivity contribution >= 4 is 0 Å². The Balaban J connectivity index is 1.97. The van der Waals surface area contributed by atoms with E-state index in [2.05, 4.69) is 61.5 Å². The summed E-state index contributed by atoms with van der Waals surface area (Å²) < 4.78 is 0. The summed E-state index contributed by atoms with van der Waals surface area (Å²) >= 11 is 0. The molecule has 0 bridgehead atoms. The van der Waals surface area contributed by atoms with Crippen LogP contribution in [-0.2, 0) is 6.54 Å². The van der Waals surface area contributed by atoms with E-state index in [1.165, 1.54) is 37.1 Å². The summed E-state index contributed by atoms with van der Waals surface area (Å²) in [6, 6.07) is 9.24. The number of allylic oxidation sites excluding steroid dienone is 1. The van der Waals surface area contributed by atoms with Gasteiger partial charge >= 0.3 is 0 Å². The number of hydrogen-bond acceptors (Lipinski definition) is 2. The Bertz CT molecular complexity index is 427. The number of nitrogens with zero attached hydrogens (tertiary/aromatic N) is 2. The number of rotatable bonds is 5. The molecule has 1 aliphatic heterocycles. The smallest absolute Gasteiger partial charge is 0.0426 e. The molecule has 0 spiro atoms. The number of likely N-dealkylation sites (tertiary alicyclic amines) is 1. The maximum atomic E-state index is 4.04. The molecule has 1 aliphatic rings. The molecule has 2 rings (SSSR count). The summed E-state index contributed by atoms with van der Waals surface area (Å²) in [7, 11) is 2.22. The van der Waals surface area contributed by atoms with Gasteiger partial charge in [-0.05, 0) is 63.9 Å². The largest absolute Gasteiger partial charge is 0.371 e. The lowest BCUT2D eigenvalue weighted by molar-refractivity contribution is 0.255. The number of benzene rings is 1. The van der Waals surface area contributed by atoms with Gasteiger partial charge in [0.25, 0.3) is 0 Å². The normalized spacial score (nSPS) is 17.1. The van der Waals surface area contributed by atoms with E-state index < -0.39 is 0 Å². The molecule has 20 heavy (non-hydrogen) atoms.